The highest BCUT2D eigenvalue weighted by molar-refractivity contribution is 6.37. The first-order valence-electron chi connectivity index (χ1n) is 14.4. The number of nitrogens with zero attached hydrogens (tertiary/aromatic N) is 1. The van der Waals surface area contributed by atoms with Gasteiger partial charge in [-0.2, -0.15) is 0 Å². The summed E-state index contributed by atoms with van der Waals surface area (Å²) in [5.41, 5.74) is -0.848. The van der Waals surface area contributed by atoms with Crippen LogP contribution in [0.4, 0.5) is 5.69 Å². The third-order valence-electron chi connectivity index (χ3n) is 9.30. The van der Waals surface area contributed by atoms with Crippen molar-refractivity contribution in [1.82, 2.24) is 0 Å². The number of ketones is 4. The molecule has 2 aliphatic carbocycles. The lowest BCUT2D eigenvalue weighted by atomic mass is 9.60. The van der Waals surface area contributed by atoms with Crippen molar-refractivity contribution in [2.45, 2.75) is 31.5 Å². The van der Waals surface area contributed by atoms with Crippen LogP contribution in [0.2, 0.25) is 0 Å². The number of hydrogen-bond acceptors (Lipinski definition) is 6. The van der Waals surface area contributed by atoms with Crippen LogP contribution in [0.1, 0.15) is 78.4 Å². The summed E-state index contributed by atoms with van der Waals surface area (Å²) < 4.78 is 6.75. The van der Waals surface area contributed by atoms with Gasteiger partial charge in [0.1, 0.15) is 11.5 Å². The number of carbonyl (C=O) groups excluding carboxylic acids is 4. The summed E-state index contributed by atoms with van der Waals surface area (Å²) >= 11 is 0. The van der Waals surface area contributed by atoms with E-state index in [1.54, 1.807) is 72.8 Å². The fraction of sp³-hybridized carbons (Fsp3) is 0.222. The third-order valence-corrected chi connectivity index (χ3v) is 9.30. The fourth-order valence-corrected chi connectivity index (χ4v) is 7.42. The maximum Gasteiger partial charge on any atom is 0.204 e. The molecule has 0 unspecified atom stereocenters. The summed E-state index contributed by atoms with van der Waals surface area (Å²) in [6.45, 7) is 5.73. The van der Waals surface area contributed by atoms with Crippen LogP contribution in [-0.2, 0) is 4.74 Å². The van der Waals surface area contributed by atoms with E-state index in [4.69, 9.17) is 4.74 Å². The number of Topliss-reactive ketones (excluding diaryl/α,β-unsaturated/α-hetero) is 4. The molecular weight excluding hydrogens is 526 g/mol. The zero-order valence-electron chi connectivity index (χ0n) is 23.4. The van der Waals surface area contributed by atoms with Crippen molar-refractivity contribution in [3.05, 3.63) is 137 Å². The summed E-state index contributed by atoms with van der Waals surface area (Å²) in [7, 11) is 0. The maximum absolute atomic E-state index is 14.8. The predicted octanol–water partition coefficient (Wildman–Crippen LogP) is 6.27. The number of rotatable bonds is 5. The Bertz CT molecular complexity index is 1700. The molecule has 1 aliphatic heterocycles. The Kier molecular flexibility index (Phi) is 5.89. The first-order valence-corrected chi connectivity index (χ1v) is 14.4. The average Bonchev–Trinajstić information content (AvgIpc) is 3.56. The minimum atomic E-state index is -2.09. The average molecular weight is 556 g/mol. The van der Waals surface area contributed by atoms with Gasteiger partial charge in [-0.3, -0.25) is 19.2 Å². The van der Waals surface area contributed by atoms with E-state index in [0.29, 0.717) is 11.1 Å². The van der Waals surface area contributed by atoms with Gasteiger partial charge < -0.3 is 9.64 Å². The van der Waals surface area contributed by atoms with Crippen LogP contribution in [0, 0.1) is 5.41 Å². The molecule has 1 saturated heterocycles. The number of anilines is 1. The predicted molar refractivity (Wildman–Crippen MR) is 158 cm³/mol. The molecule has 0 aromatic heterocycles. The Morgan fingerprint density at radius 3 is 1.50 bits per heavy atom. The van der Waals surface area contributed by atoms with Gasteiger partial charge in [0.15, 0.2) is 11.6 Å². The fourth-order valence-electron chi connectivity index (χ4n) is 7.42. The highest BCUT2D eigenvalue weighted by atomic mass is 16.5. The highest BCUT2D eigenvalue weighted by Crippen LogP contribution is 2.67. The van der Waals surface area contributed by atoms with E-state index in [9.17, 15) is 19.2 Å². The van der Waals surface area contributed by atoms with Gasteiger partial charge in [-0.05, 0) is 37.1 Å². The zero-order valence-corrected chi connectivity index (χ0v) is 23.4. The molecule has 42 heavy (non-hydrogen) atoms. The molecule has 1 heterocycles. The topological polar surface area (TPSA) is 80.8 Å². The maximum atomic E-state index is 14.8. The van der Waals surface area contributed by atoms with Crippen LogP contribution in [0.25, 0.3) is 0 Å². The van der Waals surface area contributed by atoms with Crippen molar-refractivity contribution in [1.29, 1.82) is 0 Å². The van der Waals surface area contributed by atoms with Crippen molar-refractivity contribution >= 4 is 28.8 Å². The second-order valence-corrected chi connectivity index (χ2v) is 11.1. The molecular formula is C36H29NO5. The normalized spacial score (nSPS) is 21.3. The number of hydrogen-bond donors (Lipinski definition) is 0. The lowest BCUT2D eigenvalue weighted by Crippen LogP contribution is -2.51. The molecule has 0 bridgehead atoms. The first kappa shape index (κ1) is 26.2. The SMILES string of the molecule is CCN(CC)c1ccc([C@@H]2C3(O[C@@H](c4ccccc4)C24C(=O)c2ccccc2C4=O)C(=O)c2ccccc2C3=O)cc1. The van der Waals surface area contributed by atoms with Crippen molar-refractivity contribution in [2.75, 3.05) is 18.0 Å². The second kappa shape index (κ2) is 9.43. The summed E-state index contributed by atoms with van der Waals surface area (Å²) in [6, 6.07) is 29.9. The van der Waals surface area contributed by atoms with E-state index in [1.807, 2.05) is 30.3 Å². The molecule has 1 fully saturated rings. The Labute approximate surface area is 243 Å². The standard InChI is InChI=1S/C36H29NO5/c1-3-37(4-2)24-20-18-22(19-21-24)29-35(30(38)25-14-8-9-15-26(25)31(35)39)34(23-12-6-5-7-13-23)42-36(29)32(40)27-16-10-11-17-28(27)33(36)41/h5-21,29,34H,3-4H2,1-2H3/t29-,34-/m0/s1. The van der Waals surface area contributed by atoms with E-state index < -0.39 is 46.2 Å². The van der Waals surface area contributed by atoms with E-state index in [2.05, 4.69) is 18.7 Å². The molecule has 4 aromatic rings. The summed E-state index contributed by atoms with van der Waals surface area (Å²) in [5.74, 6) is -3.09. The quantitative estimate of drug-likeness (QED) is 0.270. The minimum absolute atomic E-state index is 0.242. The van der Waals surface area contributed by atoms with E-state index in [0.717, 1.165) is 18.8 Å². The lowest BCUT2D eigenvalue weighted by molar-refractivity contribution is -0.0210. The van der Waals surface area contributed by atoms with Crippen molar-refractivity contribution in [2.24, 2.45) is 5.41 Å². The van der Waals surface area contributed by atoms with Crippen LogP contribution < -0.4 is 4.90 Å². The van der Waals surface area contributed by atoms with Gasteiger partial charge in [-0.25, -0.2) is 0 Å². The van der Waals surface area contributed by atoms with Gasteiger partial charge >= 0.3 is 0 Å². The Morgan fingerprint density at radius 1 is 0.571 bits per heavy atom. The van der Waals surface area contributed by atoms with Gasteiger partial charge in [0, 0.05) is 41.0 Å². The van der Waals surface area contributed by atoms with E-state index in [-0.39, 0.29) is 22.3 Å². The molecule has 4 aromatic carbocycles. The van der Waals surface area contributed by atoms with Gasteiger partial charge in [-0.15, -0.1) is 0 Å². The molecule has 0 radical (unpaired) electrons. The van der Waals surface area contributed by atoms with Crippen LogP contribution in [0.15, 0.2) is 103 Å². The molecule has 7 rings (SSSR count). The van der Waals surface area contributed by atoms with Gasteiger partial charge in [0.05, 0.1) is 5.92 Å². The van der Waals surface area contributed by atoms with Crippen LogP contribution >= 0.6 is 0 Å². The zero-order chi connectivity index (χ0) is 29.2. The smallest absolute Gasteiger partial charge is 0.204 e. The number of fused-ring (bicyclic) bond motifs is 2. The summed E-state index contributed by atoms with van der Waals surface area (Å²) in [4.78, 5) is 60.7. The van der Waals surface area contributed by atoms with Crippen LogP contribution in [-0.4, -0.2) is 41.8 Å². The largest absolute Gasteiger partial charge is 0.372 e. The molecule has 2 spiro atoms. The van der Waals surface area contributed by atoms with Gasteiger partial charge in [0.25, 0.3) is 0 Å². The lowest BCUT2D eigenvalue weighted by Gasteiger charge is -2.35. The van der Waals surface area contributed by atoms with Crippen molar-refractivity contribution in [3.63, 3.8) is 0 Å². The first-order chi connectivity index (χ1) is 20.4. The third kappa shape index (κ3) is 3.18. The van der Waals surface area contributed by atoms with Crippen LogP contribution in [0.3, 0.4) is 0 Å². The number of carbonyl (C=O) groups is 4. The number of ether oxygens (including phenoxy) is 1. The van der Waals surface area contributed by atoms with Crippen molar-refractivity contribution in [3.8, 4) is 0 Å². The van der Waals surface area contributed by atoms with Crippen LogP contribution in [0.5, 0.6) is 0 Å². The Hall–Kier alpha value is -4.68. The molecule has 2 atom stereocenters. The highest BCUT2D eigenvalue weighted by Gasteiger charge is 2.79. The molecule has 6 nitrogen and oxygen atoms in total. The monoisotopic (exact) mass is 555 g/mol. The summed E-state index contributed by atoms with van der Waals surface area (Å²) in [6.07, 6.45) is -1.17. The molecule has 0 amide bonds. The van der Waals surface area contributed by atoms with E-state index >= 15 is 0 Å². The number of benzene rings is 4. The molecule has 0 N–H and O–H groups in total. The van der Waals surface area contributed by atoms with Gasteiger partial charge in [0.2, 0.25) is 17.2 Å². The summed E-state index contributed by atoms with van der Waals surface area (Å²) in [5, 5.41) is 0. The Balaban J connectivity index is 1.54. The second-order valence-electron chi connectivity index (χ2n) is 11.1. The molecule has 6 heteroatoms. The Morgan fingerprint density at radius 2 is 1.02 bits per heavy atom. The molecule has 3 aliphatic rings. The molecule has 0 saturated carbocycles. The molecule has 208 valence electrons. The van der Waals surface area contributed by atoms with E-state index in [1.165, 1.54) is 0 Å². The van der Waals surface area contributed by atoms with Gasteiger partial charge in [-0.1, -0.05) is 91.0 Å². The van der Waals surface area contributed by atoms with Crippen molar-refractivity contribution < 1.29 is 23.9 Å². The minimum Gasteiger partial charge on any atom is -0.372 e.